The Balaban J connectivity index is 1.75. The third kappa shape index (κ3) is 4.42. The smallest absolute Gasteiger partial charge is 0.324 e. The predicted octanol–water partition coefficient (Wildman–Crippen LogP) is -1.76. The van der Waals surface area contributed by atoms with Gasteiger partial charge in [0.05, 0.1) is 12.7 Å². The summed E-state index contributed by atoms with van der Waals surface area (Å²) in [6.07, 6.45) is 3.95. The molecule has 0 aliphatic carbocycles. The zero-order valence-electron chi connectivity index (χ0n) is 16.6. The van der Waals surface area contributed by atoms with Crippen molar-refractivity contribution < 1.29 is 24.0 Å². The minimum atomic E-state index is -1.09. The highest BCUT2D eigenvalue weighted by Crippen LogP contribution is 2.19. The zero-order chi connectivity index (χ0) is 21.8. The normalized spacial score (nSPS) is 22.6. The van der Waals surface area contributed by atoms with Gasteiger partial charge in [-0.1, -0.05) is 0 Å². The molecule has 2 fully saturated rings. The Hall–Kier alpha value is -3.44. The van der Waals surface area contributed by atoms with Gasteiger partial charge in [0.2, 0.25) is 23.6 Å². The minimum Gasteiger partial charge on any atom is -0.368 e. The number of aromatic nitrogens is 2. The highest BCUT2D eigenvalue weighted by molar-refractivity contribution is 6.03. The SMILES string of the molecule is CCN1C(=O)C[C@H](C(=O)N[C@H](Cc2cnc[nH]2)C(=O)N2CCC[C@@H]2C(N)=O)NC1=O. The molecule has 3 atom stereocenters. The number of likely N-dealkylation sites (tertiary alicyclic amines) is 1. The number of rotatable bonds is 7. The second-order valence-corrected chi connectivity index (χ2v) is 7.28. The summed E-state index contributed by atoms with van der Waals surface area (Å²) >= 11 is 0. The number of hydrogen-bond donors (Lipinski definition) is 4. The van der Waals surface area contributed by atoms with Crippen LogP contribution in [-0.2, 0) is 25.6 Å². The first-order valence-electron chi connectivity index (χ1n) is 9.80. The van der Waals surface area contributed by atoms with Crippen molar-refractivity contribution >= 4 is 29.7 Å². The van der Waals surface area contributed by atoms with E-state index in [9.17, 15) is 24.0 Å². The van der Waals surface area contributed by atoms with Crippen LogP contribution in [0.5, 0.6) is 0 Å². The van der Waals surface area contributed by atoms with E-state index in [4.69, 9.17) is 5.73 Å². The summed E-state index contributed by atoms with van der Waals surface area (Å²) in [7, 11) is 0. The third-order valence-electron chi connectivity index (χ3n) is 5.31. The van der Waals surface area contributed by atoms with E-state index in [1.54, 1.807) is 6.92 Å². The summed E-state index contributed by atoms with van der Waals surface area (Å²) in [4.78, 5) is 70.9. The van der Waals surface area contributed by atoms with Crippen LogP contribution in [0.15, 0.2) is 12.5 Å². The fourth-order valence-corrected chi connectivity index (χ4v) is 3.77. The number of nitrogens with two attached hydrogens (primary N) is 1. The number of primary amides is 1. The lowest BCUT2D eigenvalue weighted by Crippen LogP contribution is -2.61. The fourth-order valence-electron chi connectivity index (χ4n) is 3.77. The van der Waals surface area contributed by atoms with Crippen LogP contribution in [-0.4, -0.2) is 80.6 Å². The first kappa shape index (κ1) is 21.3. The molecule has 3 heterocycles. The fraction of sp³-hybridized carbons (Fsp3) is 0.556. The molecule has 0 aromatic carbocycles. The van der Waals surface area contributed by atoms with Crippen LogP contribution in [0.2, 0.25) is 0 Å². The molecular weight excluding hydrogens is 394 g/mol. The Morgan fingerprint density at radius 3 is 2.73 bits per heavy atom. The van der Waals surface area contributed by atoms with Crippen LogP contribution in [0.4, 0.5) is 4.79 Å². The maximum absolute atomic E-state index is 13.1. The van der Waals surface area contributed by atoms with Gasteiger partial charge in [0.15, 0.2) is 0 Å². The number of carbonyl (C=O) groups is 5. The Morgan fingerprint density at radius 2 is 2.13 bits per heavy atom. The van der Waals surface area contributed by atoms with Crippen molar-refractivity contribution in [2.45, 2.75) is 50.7 Å². The van der Waals surface area contributed by atoms with Gasteiger partial charge in [-0.05, 0) is 19.8 Å². The van der Waals surface area contributed by atoms with E-state index in [0.29, 0.717) is 25.1 Å². The number of aromatic amines is 1. The molecule has 3 rings (SSSR count). The maximum Gasteiger partial charge on any atom is 0.324 e. The van der Waals surface area contributed by atoms with Gasteiger partial charge in [-0.2, -0.15) is 0 Å². The van der Waals surface area contributed by atoms with Gasteiger partial charge >= 0.3 is 6.03 Å². The molecule has 0 radical (unpaired) electrons. The second-order valence-electron chi connectivity index (χ2n) is 7.28. The minimum absolute atomic E-state index is 0.0995. The van der Waals surface area contributed by atoms with Crippen molar-refractivity contribution in [1.82, 2.24) is 30.4 Å². The molecular formula is C18H25N7O5. The molecule has 5 N–H and O–H groups in total. The van der Waals surface area contributed by atoms with E-state index in [0.717, 1.165) is 4.90 Å². The lowest BCUT2D eigenvalue weighted by molar-refractivity contribution is -0.141. The molecule has 30 heavy (non-hydrogen) atoms. The molecule has 2 saturated heterocycles. The third-order valence-corrected chi connectivity index (χ3v) is 5.31. The molecule has 162 valence electrons. The molecule has 0 unspecified atom stereocenters. The Kier molecular flexibility index (Phi) is 6.33. The molecule has 6 amide bonds. The van der Waals surface area contributed by atoms with Gasteiger partial charge < -0.3 is 26.3 Å². The molecule has 2 aliphatic rings. The monoisotopic (exact) mass is 419 g/mol. The van der Waals surface area contributed by atoms with E-state index in [-0.39, 0.29) is 19.4 Å². The van der Waals surface area contributed by atoms with Gasteiger partial charge in [-0.15, -0.1) is 0 Å². The van der Waals surface area contributed by atoms with Crippen molar-refractivity contribution in [3.63, 3.8) is 0 Å². The number of amides is 6. The Morgan fingerprint density at radius 1 is 1.37 bits per heavy atom. The molecule has 1 aromatic rings. The predicted molar refractivity (Wildman–Crippen MR) is 102 cm³/mol. The van der Waals surface area contributed by atoms with Crippen LogP contribution in [0.3, 0.4) is 0 Å². The number of H-pyrrole nitrogens is 1. The number of carbonyl (C=O) groups excluding carboxylic acids is 5. The van der Waals surface area contributed by atoms with E-state index in [1.165, 1.54) is 17.4 Å². The number of imide groups is 1. The number of hydrogen-bond acceptors (Lipinski definition) is 6. The standard InChI is InChI=1S/C18H25N7O5/c1-2-24-14(26)7-11(23-18(24)30)16(28)22-12(6-10-8-20-9-21-10)17(29)25-5-3-4-13(25)15(19)27/h8-9,11-13H,2-7H2,1H3,(H2,19,27)(H,20,21)(H,22,28)(H,23,30)/t11-,12-,13-/m1/s1. The quantitative estimate of drug-likeness (QED) is 0.408. The van der Waals surface area contributed by atoms with Crippen LogP contribution < -0.4 is 16.4 Å². The Bertz CT molecular complexity index is 822. The lowest BCUT2D eigenvalue weighted by atomic mass is 10.1. The summed E-state index contributed by atoms with van der Waals surface area (Å²) in [5, 5.41) is 5.10. The summed E-state index contributed by atoms with van der Waals surface area (Å²) in [5.74, 6) is -2.17. The summed E-state index contributed by atoms with van der Waals surface area (Å²) < 4.78 is 0. The zero-order valence-corrected chi connectivity index (χ0v) is 16.6. The maximum atomic E-state index is 13.1. The van der Waals surface area contributed by atoms with E-state index in [2.05, 4.69) is 20.6 Å². The number of nitrogens with one attached hydrogen (secondary N) is 3. The van der Waals surface area contributed by atoms with Crippen molar-refractivity contribution in [2.75, 3.05) is 13.1 Å². The van der Waals surface area contributed by atoms with Crippen LogP contribution in [0.1, 0.15) is 31.9 Å². The van der Waals surface area contributed by atoms with Gasteiger partial charge in [0.1, 0.15) is 18.1 Å². The average Bonchev–Trinajstić information content (AvgIpc) is 3.38. The highest BCUT2D eigenvalue weighted by atomic mass is 16.2. The number of imidazole rings is 1. The van der Waals surface area contributed by atoms with Gasteiger partial charge in [-0.3, -0.25) is 24.1 Å². The van der Waals surface area contributed by atoms with Crippen LogP contribution in [0.25, 0.3) is 0 Å². The van der Waals surface area contributed by atoms with Crippen molar-refractivity contribution in [3.8, 4) is 0 Å². The summed E-state index contributed by atoms with van der Waals surface area (Å²) in [6.45, 7) is 2.21. The molecule has 0 bridgehead atoms. The second kappa shape index (κ2) is 8.93. The topological polar surface area (TPSA) is 171 Å². The van der Waals surface area contributed by atoms with E-state index < -0.39 is 47.8 Å². The van der Waals surface area contributed by atoms with E-state index in [1.807, 2.05) is 0 Å². The first-order chi connectivity index (χ1) is 14.3. The molecule has 12 heteroatoms. The summed E-state index contributed by atoms with van der Waals surface area (Å²) in [6, 6.07) is -3.49. The Labute approximate surface area is 172 Å². The molecule has 0 saturated carbocycles. The van der Waals surface area contributed by atoms with Crippen molar-refractivity contribution in [1.29, 1.82) is 0 Å². The summed E-state index contributed by atoms with van der Waals surface area (Å²) in [5.41, 5.74) is 6.01. The van der Waals surface area contributed by atoms with Crippen LogP contribution >= 0.6 is 0 Å². The van der Waals surface area contributed by atoms with Crippen molar-refractivity contribution in [2.24, 2.45) is 5.73 Å². The molecule has 0 spiro atoms. The van der Waals surface area contributed by atoms with Crippen LogP contribution in [0, 0.1) is 0 Å². The van der Waals surface area contributed by atoms with Gasteiger partial charge in [0.25, 0.3) is 0 Å². The highest BCUT2D eigenvalue weighted by Gasteiger charge is 2.39. The lowest BCUT2D eigenvalue weighted by Gasteiger charge is -2.32. The molecule has 2 aliphatic heterocycles. The van der Waals surface area contributed by atoms with Crippen molar-refractivity contribution in [3.05, 3.63) is 18.2 Å². The van der Waals surface area contributed by atoms with Gasteiger partial charge in [-0.25, -0.2) is 9.78 Å². The first-order valence-corrected chi connectivity index (χ1v) is 9.80. The molecule has 12 nitrogen and oxygen atoms in total. The largest absolute Gasteiger partial charge is 0.368 e. The average molecular weight is 419 g/mol. The van der Waals surface area contributed by atoms with E-state index >= 15 is 0 Å². The van der Waals surface area contributed by atoms with Gasteiger partial charge in [0, 0.05) is 31.4 Å². The number of urea groups is 1. The molecule has 1 aromatic heterocycles. The number of nitrogens with zero attached hydrogens (tertiary/aromatic N) is 3.